The molecule has 2 rings (SSSR count). The fraction of sp³-hybridized carbons (Fsp3) is 0.719. The maximum atomic E-state index is 4.70. The SMILES string of the molecule is CCCCCCCCCCCCC(Cc1ccccc1)C(CCCCCCCC)[C+]1N=CC=N1. The number of hydrogen-bond donors (Lipinski definition) is 0. The Morgan fingerprint density at radius 1 is 0.588 bits per heavy atom. The summed E-state index contributed by atoms with van der Waals surface area (Å²) in [5, 5.41) is 0. The molecule has 190 valence electrons. The first-order valence-electron chi connectivity index (χ1n) is 14.8. The van der Waals surface area contributed by atoms with Gasteiger partial charge in [-0.25, -0.2) is 0 Å². The molecule has 0 spiro atoms. The second-order valence-electron chi connectivity index (χ2n) is 10.5. The van der Waals surface area contributed by atoms with Gasteiger partial charge in [-0.3, -0.25) is 0 Å². The minimum Gasteiger partial charge on any atom is -0.0965 e. The van der Waals surface area contributed by atoms with Crippen LogP contribution in [0.25, 0.3) is 0 Å². The Morgan fingerprint density at radius 3 is 1.59 bits per heavy atom. The minimum atomic E-state index is 0.500. The summed E-state index contributed by atoms with van der Waals surface area (Å²) in [6, 6.07) is 11.1. The quantitative estimate of drug-likeness (QED) is 0.120. The van der Waals surface area contributed by atoms with Crippen LogP contribution in [-0.4, -0.2) is 12.4 Å². The van der Waals surface area contributed by atoms with Crippen molar-refractivity contribution in [1.29, 1.82) is 0 Å². The van der Waals surface area contributed by atoms with Gasteiger partial charge >= 0.3 is 0 Å². The van der Waals surface area contributed by atoms with Crippen LogP contribution in [0.2, 0.25) is 0 Å². The molecule has 0 aromatic heterocycles. The van der Waals surface area contributed by atoms with E-state index < -0.39 is 0 Å². The summed E-state index contributed by atoms with van der Waals surface area (Å²) in [7, 11) is 0. The van der Waals surface area contributed by atoms with Crippen LogP contribution in [-0.2, 0) is 6.42 Å². The molecule has 0 saturated carbocycles. The summed E-state index contributed by atoms with van der Waals surface area (Å²) in [6.07, 6.45) is 30.8. The topological polar surface area (TPSA) is 24.7 Å². The normalized spacial score (nSPS) is 14.7. The molecule has 0 fully saturated rings. The monoisotopic (exact) mass is 465 g/mol. The summed E-state index contributed by atoms with van der Waals surface area (Å²) in [5.74, 6) is 1.15. The third kappa shape index (κ3) is 12.8. The molecule has 2 unspecified atom stereocenters. The molecule has 1 heterocycles. The van der Waals surface area contributed by atoms with Crippen LogP contribution in [0.15, 0.2) is 40.3 Å². The third-order valence-corrected chi connectivity index (χ3v) is 7.52. The molecule has 0 aliphatic carbocycles. The van der Waals surface area contributed by atoms with Gasteiger partial charge in [-0.1, -0.05) is 157 Å². The number of benzene rings is 1. The second-order valence-corrected chi connectivity index (χ2v) is 10.5. The van der Waals surface area contributed by atoms with Crippen LogP contribution in [0.5, 0.6) is 0 Å². The Kier molecular flexibility index (Phi) is 16.6. The lowest BCUT2D eigenvalue weighted by atomic mass is 9.78. The molecule has 1 aromatic carbocycles. The van der Waals surface area contributed by atoms with Crippen molar-refractivity contribution < 1.29 is 0 Å². The molecule has 0 amide bonds. The van der Waals surface area contributed by atoms with E-state index in [0.29, 0.717) is 11.8 Å². The summed E-state index contributed by atoms with van der Waals surface area (Å²) in [6.45, 7) is 4.59. The van der Waals surface area contributed by atoms with E-state index in [2.05, 4.69) is 44.2 Å². The molecule has 1 aliphatic heterocycles. The molecule has 0 N–H and O–H groups in total. The lowest BCUT2D eigenvalue weighted by Crippen LogP contribution is -2.22. The fourth-order valence-electron chi connectivity index (χ4n) is 5.42. The Bertz CT molecular complexity index is 624. The highest BCUT2D eigenvalue weighted by Crippen LogP contribution is 2.37. The van der Waals surface area contributed by atoms with Gasteiger partial charge in [-0.15, -0.1) is 0 Å². The van der Waals surface area contributed by atoms with Gasteiger partial charge in [0.1, 0.15) is 0 Å². The largest absolute Gasteiger partial charge is 0.244 e. The maximum Gasteiger partial charge on any atom is 0.244 e. The first kappa shape index (κ1) is 28.7. The average molecular weight is 466 g/mol. The van der Waals surface area contributed by atoms with Gasteiger partial charge < -0.3 is 0 Å². The van der Waals surface area contributed by atoms with E-state index in [0.717, 1.165) is 12.6 Å². The maximum absolute atomic E-state index is 4.70. The van der Waals surface area contributed by atoms with Crippen molar-refractivity contribution in [3.63, 3.8) is 0 Å². The zero-order valence-corrected chi connectivity index (χ0v) is 22.5. The highest BCUT2D eigenvalue weighted by Gasteiger charge is 2.35. The Morgan fingerprint density at radius 2 is 1.06 bits per heavy atom. The summed E-state index contributed by atoms with van der Waals surface area (Å²) in [5.41, 5.74) is 1.47. The second kappa shape index (κ2) is 19.7. The third-order valence-electron chi connectivity index (χ3n) is 7.52. The number of aliphatic imine (C=N–C) groups is 2. The van der Waals surface area contributed by atoms with Gasteiger partial charge in [0, 0.05) is 0 Å². The van der Waals surface area contributed by atoms with Crippen LogP contribution in [0.1, 0.15) is 135 Å². The van der Waals surface area contributed by atoms with E-state index in [4.69, 9.17) is 9.98 Å². The predicted molar refractivity (Wildman–Crippen MR) is 152 cm³/mol. The summed E-state index contributed by atoms with van der Waals surface area (Å²) < 4.78 is 0. The predicted octanol–water partition coefficient (Wildman–Crippen LogP) is 10.2. The zero-order chi connectivity index (χ0) is 24.1. The fourth-order valence-corrected chi connectivity index (χ4v) is 5.42. The number of rotatable bonds is 22. The van der Waals surface area contributed by atoms with Crippen molar-refractivity contribution in [3.05, 3.63) is 42.1 Å². The van der Waals surface area contributed by atoms with E-state index in [1.54, 1.807) is 0 Å². The van der Waals surface area contributed by atoms with Crippen LogP contribution < -0.4 is 0 Å². The molecule has 2 heteroatoms. The molecule has 2 nitrogen and oxygen atoms in total. The minimum absolute atomic E-state index is 0.500. The molecule has 1 aliphatic rings. The smallest absolute Gasteiger partial charge is 0.0965 e. The van der Waals surface area contributed by atoms with Gasteiger partial charge in [-0.05, 0) is 30.7 Å². The molecule has 0 saturated heterocycles. The summed E-state index contributed by atoms with van der Waals surface area (Å²) >= 11 is 0. The van der Waals surface area contributed by atoms with E-state index in [-0.39, 0.29) is 0 Å². The molecule has 0 bridgehead atoms. The average Bonchev–Trinajstić information content (AvgIpc) is 3.39. The van der Waals surface area contributed by atoms with Gasteiger partial charge in [-0.2, -0.15) is 0 Å². The first-order chi connectivity index (χ1) is 16.8. The van der Waals surface area contributed by atoms with Gasteiger partial charge in [0.25, 0.3) is 0 Å². The Balaban J connectivity index is 1.83. The zero-order valence-electron chi connectivity index (χ0n) is 22.5. The van der Waals surface area contributed by atoms with Gasteiger partial charge in [0.2, 0.25) is 6.17 Å². The lowest BCUT2D eigenvalue weighted by Gasteiger charge is -2.26. The molecular formula is C32H53N2+. The van der Waals surface area contributed by atoms with E-state index in [9.17, 15) is 0 Å². The van der Waals surface area contributed by atoms with Crippen molar-refractivity contribution >= 4 is 12.4 Å². The number of unbranched alkanes of at least 4 members (excludes halogenated alkanes) is 14. The Hall–Kier alpha value is -1.57. The van der Waals surface area contributed by atoms with E-state index in [1.807, 2.05) is 12.4 Å². The molecule has 1 aromatic rings. The Labute approximate surface area is 212 Å². The van der Waals surface area contributed by atoms with Crippen molar-refractivity contribution in [2.45, 2.75) is 136 Å². The van der Waals surface area contributed by atoms with Crippen molar-refractivity contribution in [3.8, 4) is 0 Å². The van der Waals surface area contributed by atoms with Crippen molar-refractivity contribution in [2.24, 2.45) is 21.8 Å². The van der Waals surface area contributed by atoms with Crippen molar-refractivity contribution in [2.75, 3.05) is 0 Å². The number of hydrogen-bond acceptors (Lipinski definition) is 2. The van der Waals surface area contributed by atoms with Gasteiger partial charge in [0.15, 0.2) is 12.4 Å². The molecule has 34 heavy (non-hydrogen) atoms. The summed E-state index contributed by atoms with van der Waals surface area (Å²) in [4.78, 5) is 9.39. The van der Waals surface area contributed by atoms with Crippen molar-refractivity contribution in [1.82, 2.24) is 0 Å². The standard InChI is InChI=1S/C32H53N2/c1-3-5-7-9-11-12-13-14-15-20-24-30(28-29-22-18-17-19-23-29)31(32-33-26-27-34-32)25-21-16-10-8-6-4-2/h17-19,22-23,26-27,30-31H,3-16,20-21,24-25,28H2,1-2H3/q+1. The van der Waals surface area contributed by atoms with Crippen LogP contribution >= 0.6 is 0 Å². The van der Waals surface area contributed by atoms with E-state index in [1.165, 1.54) is 121 Å². The molecular weight excluding hydrogens is 412 g/mol. The van der Waals surface area contributed by atoms with Crippen LogP contribution in [0.4, 0.5) is 0 Å². The van der Waals surface area contributed by atoms with Gasteiger partial charge in [0.05, 0.1) is 5.92 Å². The van der Waals surface area contributed by atoms with E-state index >= 15 is 0 Å². The molecule has 2 atom stereocenters. The molecule has 0 radical (unpaired) electrons. The first-order valence-corrected chi connectivity index (χ1v) is 14.8. The lowest BCUT2D eigenvalue weighted by molar-refractivity contribution is 0.284. The number of nitrogens with zero attached hydrogens (tertiary/aromatic N) is 2. The highest BCUT2D eigenvalue weighted by molar-refractivity contribution is 6.18. The van der Waals surface area contributed by atoms with Crippen LogP contribution in [0.3, 0.4) is 0 Å². The highest BCUT2D eigenvalue weighted by atomic mass is 15.0. The van der Waals surface area contributed by atoms with Crippen LogP contribution in [0, 0.1) is 18.0 Å².